The van der Waals surface area contributed by atoms with Crippen molar-refractivity contribution in [1.82, 2.24) is 9.97 Å². The van der Waals surface area contributed by atoms with Gasteiger partial charge in [-0.25, -0.2) is 9.97 Å². The van der Waals surface area contributed by atoms with Gasteiger partial charge in [0.05, 0.1) is 7.11 Å². The molecule has 1 heterocycles. The predicted octanol–water partition coefficient (Wildman–Crippen LogP) is 5.00. The smallest absolute Gasteiger partial charge is 0.138 e. The Balaban J connectivity index is 1.93. The summed E-state index contributed by atoms with van der Waals surface area (Å²) in [4.78, 5) is 11.3. The summed E-state index contributed by atoms with van der Waals surface area (Å²) in [6.07, 6.45) is 0. The van der Waals surface area contributed by atoms with E-state index < -0.39 is 0 Å². The van der Waals surface area contributed by atoms with E-state index in [1.54, 1.807) is 7.11 Å². The summed E-state index contributed by atoms with van der Waals surface area (Å²) in [7, 11) is 1.66. The highest BCUT2D eigenvalue weighted by molar-refractivity contribution is 5.66. The Labute approximate surface area is 154 Å². The molecule has 0 aliphatic heterocycles. The number of hydrogen-bond acceptors (Lipinski definition) is 5. The van der Waals surface area contributed by atoms with Gasteiger partial charge in [0.1, 0.15) is 23.2 Å². The van der Waals surface area contributed by atoms with E-state index in [9.17, 15) is 0 Å². The van der Waals surface area contributed by atoms with Crippen molar-refractivity contribution in [2.45, 2.75) is 20.8 Å². The standard InChI is InChI=1S/C21H24N4O/c1-5-25(18-10-6-8-15(2)12-18)21-14-20(22-16(3)23-21)24-17-9-7-11-19(13-17)26-4/h6-14H,5H2,1-4H3,(H,22,23,24). The minimum atomic E-state index is 0.721. The first-order valence-corrected chi connectivity index (χ1v) is 8.70. The van der Waals surface area contributed by atoms with Crippen molar-refractivity contribution in [3.8, 4) is 5.75 Å². The molecule has 1 aromatic heterocycles. The van der Waals surface area contributed by atoms with E-state index in [1.165, 1.54) is 5.56 Å². The third-order valence-electron chi connectivity index (χ3n) is 4.07. The number of ether oxygens (including phenoxy) is 1. The van der Waals surface area contributed by atoms with Crippen molar-refractivity contribution in [1.29, 1.82) is 0 Å². The van der Waals surface area contributed by atoms with Gasteiger partial charge in [0.2, 0.25) is 0 Å². The monoisotopic (exact) mass is 348 g/mol. The van der Waals surface area contributed by atoms with E-state index >= 15 is 0 Å². The summed E-state index contributed by atoms with van der Waals surface area (Å²) in [6.45, 7) is 6.94. The number of benzene rings is 2. The Morgan fingerprint density at radius 3 is 2.54 bits per heavy atom. The largest absolute Gasteiger partial charge is 0.497 e. The highest BCUT2D eigenvalue weighted by Gasteiger charge is 2.12. The Hall–Kier alpha value is -3.08. The van der Waals surface area contributed by atoms with Gasteiger partial charge in [0.15, 0.2) is 0 Å². The van der Waals surface area contributed by atoms with Gasteiger partial charge < -0.3 is 15.0 Å². The molecular formula is C21H24N4O. The molecule has 3 aromatic rings. The van der Waals surface area contributed by atoms with Crippen molar-refractivity contribution >= 4 is 23.0 Å². The van der Waals surface area contributed by atoms with Crippen LogP contribution in [0.4, 0.5) is 23.0 Å². The average Bonchev–Trinajstić information content (AvgIpc) is 2.62. The SMILES string of the molecule is CCN(c1cccc(C)c1)c1cc(Nc2cccc(OC)c2)nc(C)n1. The topological polar surface area (TPSA) is 50.3 Å². The van der Waals surface area contributed by atoms with Crippen LogP contribution >= 0.6 is 0 Å². The highest BCUT2D eigenvalue weighted by atomic mass is 16.5. The van der Waals surface area contributed by atoms with E-state index in [4.69, 9.17) is 4.74 Å². The maximum atomic E-state index is 5.28. The predicted molar refractivity (Wildman–Crippen MR) is 107 cm³/mol. The van der Waals surface area contributed by atoms with Crippen molar-refractivity contribution < 1.29 is 4.74 Å². The number of aromatic nitrogens is 2. The number of rotatable bonds is 6. The number of nitrogens with one attached hydrogen (secondary N) is 1. The summed E-state index contributed by atoms with van der Waals surface area (Å²) >= 11 is 0. The second kappa shape index (κ2) is 7.87. The zero-order valence-corrected chi connectivity index (χ0v) is 15.7. The van der Waals surface area contributed by atoms with E-state index in [2.05, 4.69) is 58.3 Å². The van der Waals surface area contributed by atoms with Crippen molar-refractivity contribution in [2.75, 3.05) is 23.9 Å². The number of anilines is 4. The van der Waals surface area contributed by atoms with Gasteiger partial charge in [0, 0.05) is 30.1 Å². The zero-order valence-electron chi connectivity index (χ0n) is 15.7. The average molecular weight is 348 g/mol. The van der Waals surface area contributed by atoms with Crippen LogP contribution in [0.15, 0.2) is 54.6 Å². The van der Waals surface area contributed by atoms with E-state index in [0.29, 0.717) is 0 Å². The van der Waals surface area contributed by atoms with Crippen molar-refractivity contribution in [2.24, 2.45) is 0 Å². The molecule has 26 heavy (non-hydrogen) atoms. The van der Waals surface area contributed by atoms with Gasteiger partial charge in [-0.05, 0) is 50.6 Å². The Morgan fingerprint density at radius 2 is 1.81 bits per heavy atom. The van der Waals surface area contributed by atoms with Gasteiger partial charge in [-0.3, -0.25) is 0 Å². The minimum Gasteiger partial charge on any atom is -0.497 e. The fourth-order valence-electron chi connectivity index (χ4n) is 2.88. The number of hydrogen-bond donors (Lipinski definition) is 1. The summed E-state index contributed by atoms with van der Waals surface area (Å²) < 4.78 is 5.28. The molecule has 0 spiro atoms. The van der Waals surface area contributed by atoms with Crippen LogP contribution in [0.5, 0.6) is 5.75 Å². The fraction of sp³-hybridized carbons (Fsp3) is 0.238. The molecule has 0 radical (unpaired) electrons. The van der Waals surface area contributed by atoms with Crippen LogP contribution in [0.3, 0.4) is 0 Å². The molecule has 134 valence electrons. The summed E-state index contributed by atoms with van der Waals surface area (Å²) in [6, 6.07) is 18.2. The van der Waals surface area contributed by atoms with Crippen LogP contribution in [0.2, 0.25) is 0 Å². The molecule has 0 amide bonds. The number of methoxy groups -OCH3 is 1. The second-order valence-corrected chi connectivity index (χ2v) is 6.10. The normalized spacial score (nSPS) is 10.5. The van der Waals surface area contributed by atoms with E-state index in [-0.39, 0.29) is 0 Å². The number of aryl methyl sites for hydroxylation is 2. The lowest BCUT2D eigenvalue weighted by molar-refractivity contribution is 0.415. The first kappa shape index (κ1) is 17.7. The first-order valence-electron chi connectivity index (χ1n) is 8.70. The molecule has 2 aromatic carbocycles. The lowest BCUT2D eigenvalue weighted by atomic mass is 10.2. The molecule has 1 N–H and O–H groups in total. The fourth-order valence-corrected chi connectivity index (χ4v) is 2.88. The lowest BCUT2D eigenvalue weighted by Gasteiger charge is -2.23. The maximum absolute atomic E-state index is 5.28. The van der Waals surface area contributed by atoms with Crippen LogP contribution in [0.25, 0.3) is 0 Å². The first-order chi connectivity index (χ1) is 12.6. The minimum absolute atomic E-state index is 0.721. The third-order valence-corrected chi connectivity index (χ3v) is 4.07. The molecule has 5 heteroatoms. The van der Waals surface area contributed by atoms with E-state index in [1.807, 2.05) is 37.3 Å². The quantitative estimate of drug-likeness (QED) is 0.679. The highest BCUT2D eigenvalue weighted by Crippen LogP contribution is 2.27. The van der Waals surface area contributed by atoms with Crippen LogP contribution in [0.1, 0.15) is 18.3 Å². The molecule has 0 saturated heterocycles. The molecule has 0 unspecified atom stereocenters. The van der Waals surface area contributed by atoms with E-state index in [0.717, 1.165) is 41.1 Å². The van der Waals surface area contributed by atoms with Crippen LogP contribution in [-0.2, 0) is 0 Å². The summed E-state index contributed by atoms with van der Waals surface area (Å²) in [5.41, 5.74) is 3.27. The van der Waals surface area contributed by atoms with Crippen LogP contribution < -0.4 is 15.0 Å². The summed E-state index contributed by atoms with van der Waals surface area (Å²) in [5.74, 6) is 3.15. The molecule has 0 atom stereocenters. The van der Waals surface area contributed by atoms with Gasteiger partial charge >= 0.3 is 0 Å². The molecule has 0 aliphatic rings. The molecule has 0 fully saturated rings. The zero-order chi connectivity index (χ0) is 18.5. The second-order valence-electron chi connectivity index (χ2n) is 6.10. The molecule has 0 bridgehead atoms. The van der Waals surface area contributed by atoms with Gasteiger partial charge in [0.25, 0.3) is 0 Å². The molecule has 5 nitrogen and oxygen atoms in total. The third kappa shape index (κ3) is 4.11. The van der Waals surface area contributed by atoms with Crippen molar-refractivity contribution in [3.05, 3.63) is 66.0 Å². The molecule has 0 saturated carbocycles. The lowest BCUT2D eigenvalue weighted by Crippen LogP contribution is -2.18. The van der Waals surface area contributed by atoms with Crippen LogP contribution in [-0.4, -0.2) is 23.6 Å². The molecular weight excluding hydrogens is 324 g/mol. The van der Waals surface area contributed by atoms with Gasteiger partial charge in [-0.2, -0.15) is 0 Å². The van der Waals surface area contributed by atoms with Crippen molar-refractivity contribution in [3.63, 3.8) is 0 Å². The van der Waals surface area contributed by atoms with Gasteiger partial charge in [-0.1, -0.05) is 18.2 Å². The Kier molecular flexibility index (Phi) is 5.37. The van der Waals surface area contributed by atoms with Crippen LogP contribution in [0, 0.1) is 13.8 Å². The van der Waals surface area contributed by atoms with Gasteiger partial charge in [-0.15, -0.1) is 0 Å². The summed E-state index contributed by atoms with van der Waals surface area (Å²) in [5, 5.41) is 3.34. The maximum Gasteiger partial charge on any atom is 0.138 e. The number of nitrogens with zero attached hydrogens (tertiary/aromatic N) is 3. The Morgan fingerprint density at radius 1 is 1.00 bits per heavy atom. The molecule has 3 rings (SSSR count). The Bertz CT molecular complexity index is 895. The molecule has 0 aliphatic carbocycles.